The van der Waals surface area contributed by atoms with E-state index in [-0.39, 0.29) is 0 Å². The minimum Gasteiger partial charge on any atom is -0.369 e. The second-order valence-electron chi connectivity index (χ2n) is 9.09. The Kier molecular flexibility index (Phi) is 6.02. The number of hydrogen-bond acceptors (Lipinski definition) is 7. The van der Waals surface area contributed by atoms with Gasteiger partial charge < -0.3 is 30.0 Å². The Bertz CT molecular complexity index is 1340. The van der Waals surface area contributed by atoms with Crippen LogP contribution >= 0.6 is 7.14 Å². The number of nitrogens with zero attached hydrogens (tertiary/aromatic N) is 4. The average molecular weight is 476 g/mol. The largest absolute Gasteiger partial charge is 0.369 e. The van der Waals surface area contributed by atoms with Crippen LogP contribution in [0.15, 0.2) is 60.8 Å². The molecule has 3 N–H and O–H groups in total. The molecule has 3 heterocycles. The van der Waals surface area contributed by atoms with Gasteiger partial charge in [0, 0.05) is 49.1 Å². The number of rotatable bonds is 6. The molecule has 0 saturated carbocycles. The molecule has 9 heteroatoms. The molecular weight excluding hydrogens is 445 g/mol. The number of para-hydroxylation sites is 1. The highest BCUT2D eigenvalue weighted by Gasteiger charge is 2.18. The van der Waals surface area contributed by atoms with Crippen molar-refractivity contribution < 1.29 is 4.57 Å². The minimum atomic E-state index is -2.46. The Morgan fingerprint density at radius 3 is 2.38 bits per heavy atom. The van der Waals surface area contributed by atoms with Crippen molar-refractivity contribution in [1.82, 2.24) is 19.9 Å². The van der Waals surface area contributed by atoms with Crippen LogP contribution in [0.4, 0.5) is 28.8 Å². The molecule has 0 amide bonds. The van der Waals surface area contributed by atoms with Crippen LogP contribution in [-0.2, 0) is 4.57 Å². The number of piperazine rings is 1. The maximum absolute atomic E-state index is 12.8. The zero-order valence-electron chi connectivity index (χ0n) is 19.7. The molecule has 176 valence electrons. The van der Waals surface area contributed by atoms with E-state index in [1.807, 2.05) is 36.5 Å². The second-order valence-corrected chi connectivity index (χ2v) is 12.3. The smallest absolute Gasteiger partial charge is 0.229 e. The molecule has 0 atom stereocenters. The lowest BCUT2D eigenvalue weighted by Crippen LogP contribution is -2.44. The number of anilines is 5. The average Bonchev–Trinajstić information content (AvgIpc) is 3.29. The maximum Gasteiger partial charge on any atom is 0.229 e. The summed E-state index contributed by atoms with van der Waals surface area (Å²) in [7, 11) is -0.300. The zero-order valence-corrected chi connectivity index (χ0v) is 20.6. The van der Waals surface area contributed by atoms with Crippen LogP contribution in [0.2, 0.25) is 0 Å². The Morgan fingerprint density at radius 1 is 0.912 bits per heavy atom. The SMILES string of the molecule is CN1CCN(c2ccc(Nc3nc(Nc4ccccc4P(C)(C)=O)c4[nH]ccc4n3)cc2)CC1. The van der Waals surface area contributed by atoms with Gasteiger partial charge in [-0.25, -0.2) is 4.98 Å². The summed E-state index contributed by atoms with van der Waals surface area (Å²) in [5.74, 6) is 1.13. The fourth-order valence-corrected chi connectivity index (χ4v) is 5.37. The number of benzene rings is 2. The molecule has 1 aliphatic heterocycles. The van der Waals surface area contributed by atoms with E-state index >= 15 is 0 Å². The van der Waals surface area contributed by atoms with Crippen molar-refractivity contribution in [3.05, 3.63) is 60.8 Å². The molecule has 1 fully saturated rings. The number of likely N-dealkylation sites (N-methyl/N-ethyl adjacent to an activating group) is 1. The number of aromatic amines is 1. The molecule has 2 aromatic heterocycles. The van der Waals surface area contributed by atoms with Gasteiger partial charge in [0.2, 0.25) is 5.95 Å². The van der Waals surface area contributed by atoms with Crippen molar-refractivity contribution in [2.24, 2.45) is 0 Å². The van der Waals surface area contributed by atoms with Crippen LogP contribution in [0.3, 0.4) is 0 Å². The van der Waals surface area contributed by atoms with Gasteiger partial charge in [0.1, 0.15) is 12.7 Å². The van der Waals surface area contributed by atoms with Crippen molar-refractivity contribution >= 4 is 52.3 Å². The van der Waals surface area contributed by atoms with E-state index in [4.69, 9.17) is 4.98 Å². The monoisotopic (exact) mass is 475 g/mol. The van der Waals surface area contributed by atoms with Gasteiger partial charge in [-0.3, -0.25) is 0 Å². The van der Waals surface area contributed by atoms with Crippen LogP contribution < -0.4 is 20.8 Å². The molecule has 0 aliphatic carbocycles. The van der Waals surface area contributed by atoms with E-state index < -0.39 is 7.14 Å². The van der Waals surface area contributed by atoms with Crippen LogP contribution in [-0.4, -0.2) is 66.4 Å². The number of aromatic nitrogens is 3. The Hall–Kier alpha value is -3.35. The summed E-state index contributed by atoms with van der Waals surface area (Å²) < 4.78 is 12.8. The first kappa shape index (κ1) is 22.4. The standard InChI is InChI=1S/C25H30N7OP/c1-31-14-16-32(17-15-31)19-10-8-18(9-11-19)27-25-29-21-12-13-26-23(21)24(30-25)28-20-6-4-5-7-22(20)34(2,3)33/h4-13,26H,14-17H2,1-3H3,(H2,27,28,29,30). The van der Waals surface area contributed by atoms with Gasteiger partial charge >= 0.3 is 0 Å². The Labute approximate surface area is 199 Å². The predicted octanol–water partition coefficient (Wildman–Crippen LogP) is 4.44. The fraction of sp³-hybridized carbons (Fsp3) is 0.280. The first-order valence-electron chi connectivity index (χ1n) is 11.4. The molecule has 0 unspecified atom stereocenters. The highest BCUT2D eigenvalue weighted by molar-refractivity contribution is 7.70. The predicted molar refractivity (Wildman–Crippen MR) is 142 cm³/mol. The van der Waals surface area contributed by atoms with Crippen LogP contribution in [0.25, 0.3) is 11.0 Å². The van der Waals surface area contributed by atoms with Gasteiger partial charge in [-0.05, 0) is 62.8 Å². The lowest BCUT2D eigenvalue weighted by Gasteiger charge is -2.34. The van der Waals surface area contributed by atoms with Crippen molar-refractivity contribution in [2.75, 3.05) is 62.1 Å². The summed E-state index contributed by atoms with van der Waals surface area (Å²) in [6, 6.07) is 18.0. The molecule has 0 radical (unpaired) electrons. The van der Waals surface area contributed by atoms with Gasteiger partial charge in [-0.1, -0.05) is 12.1 Å². The third-order valence-corrected chi connectivity index (χ3v) is 7.69. The summed E-state index contributed by atoms with van der Waals surface area (Å²) in [6.45, 7) is 7.78. The first-order valence-corrected chi connectivity index (χ1v) is 14.0. The summed E-state index contributed by atoms with van der Waals surface area (Å²) in [5.41, 5.74) is 4.53. The Morgan fingerprint density at radius 2 is 1.65 bits per heavy atom. The zero-order chi connectivity index (χ0) is 23.7. The molecule has 5 rings (SSSR count). The van der Waals surface area contributed by atoms with Gasteiger partial charge in [-0.2, -0.15) is 4.98 Å². The van der Waals surface area contributed by atoms with Gasteiger partial charge in [0.05, 0.1) is 11.2 Å². The molecule has 4 aromatic rings. The van der Waals surface area contributed by atoms with Crippen molar-refractivity contribution in [2.45, 2.75) is 0 Å². The third-order valence-electron chi connectivity index (χ3n) is 6.14. The molecular formula is C25H30N7OP. The molecule has 1 saturated heterocycles. The summed E-state index contributed by atoms with van der Waals surface area (Å²) in [6.07, 6.45) is 1.84. The van der Waals surface area contributed by atoms with Crippen LogP contribution in [0.1, 0.15) is 0 Å². The Balaban J connectivity index is 1.40. The number of hydrogen-bond donors (Lipinski definition) is 3. The molecule has 1 aliphatic rings. The third kappa shape index (κ3) is 4.79. The summed E-state index contributed by atoms with van der Waals surface area (Å²) in [4.78, 5) is 17.4. The highest BCUT2D eigenvalue weighted by atomic mass is 31.2. The highest BCUT2D eigenvalue weighted by Crippen LogP contribution is 2.38. The van der Waals surface area contributed by atoms with Gasteiger partial charge in [0.15, 0.2) is 5.82 Å². The molecule has 0 bridgehead atoms. The summed E-state index contributed by atoms with van der Waals surface area (Å²) in [5, 5.41) is 7.52. The van der Waals surface area contributed by atoms with E-state index in [1.54, 1.807) is 13.3 Å². The van der Waals surface area contributed by atoms with Crippen molar-refractivity contribution in [3.8, 4) is 0 Å². The van der Waals surface area contributed by atoms with Gasteiger partial charge in [-0.15, -0.1) is 0 Å². The van der Waals surface area contributed by atoms with Crippen LogP contribution in [0, 0.1) is 0 Å². The number of nitrogens with one attached hydrogen (secondary N) is 3. The first-order chi connectivity index (χ1) is 16.4. The quantitative estimate of drug-likeness (QED) is 0.355. The molecule has 2 aromatic carbocycles. The normalized spacial score (nSPS) is 15.0. The van der Waals surface area contributed by atoms with Crippen molar-refractivity contribution in [1.29, 1.82) is 0 Å². The minimum absolute atomic E-state index is 0.496. The number of H-pyrrole nitrogens is 1. The number of fused-ring (bicyclic) bond motifs is 1. The molecule has 8 nitrogen and oxygen atoms in total. The summed E-state index contributed by atoms with van der Waals surface area (Å²) >= 11 is 0. The van der Waals surface area contributed by atoms with E-state index in [2.05, 4.69) is 61.7 Å². The maximum atomic E-state index is 12.8. The van der Waals surface area contributed by atoms with E-state index in [1.165, 1.54) is 5.69 Å². The topological polar surface area (TPSA) is 89.2 Å². The molecule has 0 spiro atoms. The van der Waals surface area contributed by atoms with E-state index in [9.17, 15) is 4.57 Å². The van der Waals surface area contributed by atoms with E-state index in [0.717, 1.165) is 53.9 Å². The lowest BCUT2D eigenvalue weighted by molar-refractivity contribution is 0.313. The lowest BCUT2D eigenvalue weighted by atomic mass is 10.2. The van der Waals surface area contributed by atoms with E-state index in [0.29, 0.717) is 11.8 Å². The fourth-order valence-electron chi connectivity index (χ4n) is 4.22. The van der Waals surface area contributed by atoms with Crippen LogP contribution in [0.5, 0.6) is 0 Å². The second kappa shape index (κ2) is 9.12. The van der Waals surface area contributed by atoms with Gasteiger partial charge in [0.25, 0.3) is 0 Å². The van der Waals surface area contributed by atoms with Crippen molar-refractivity contribution in [3.63, 3.8) is 0 Å². The molecule has 34 heavy (non-hydrogen) atoms.